The Balaban J connectivity index is 1.55. The normalized spacial score (nSPS) is 12.0. The lowest BCUT2D eigenvalue weighted by Gasteiger charge is -2.10. The first-order chi connectivity index (χ1) is 13.5. The summed E-state index contributed by atoms with van der Waals surface area (Å²) in [6.07, 6.45) is 0. The maximum Gasteiger partial charge on any atom is 0.274 e. The van der Waals surface area contributed by atoms with Crippen LogP contribution in [-0.4, -0.2) is 22.7 Å². The topological polar surface area (TPSA) is 85.4 Å². The molecule has 0 radical (unpaired) electrons. The number of ether oxygens (including phenoxy) is 2. The van der Waals surface area contributed by atoms with Gasteiger partial charge in [0.2, 0.25) is 12.7 Å². The molecule has 7 nitrogen and oxygen atoms in total. The molecule has 1 aromatic heterocycles. The van der Waals surface area contributed by atoms with Crippen LogP contribution in [0, 0.1) is 20.8 Å². The molecule has 0 saturated heterocycles. The van der Waals surface area contributed by atoms with Crippen LogP contribution >= 0.6 is 0 Å². The second-order valence-electron chi connectivity index (χ2n) is 6.74. The molecule has 1 aliphatic rings. The zero-order valence-electron chi connectivity index (χ0n) is 15.9. The first-order valence-electron chi connectivity index (χ1n) is 8.88. The van der Waals surface area contributed by atoms with Crippen LogP contribution < -0.4 is 20.1 Å². The lowest BCUT2D eigenvalue weighted by atomic mass is 10.1. The number of fused-ring (bicyclic) bond motifs is 1. The number of rotatable bonds is 4. The maximum atomic E-state index is 12.7. The summed E-state index contributed by atoms with van der Waals surface area (Å²) in [6.45, 7) is 6.01. The molecule has 0 atom stereocenters. The van der Waals surface area contributed by atoms with Gasteiger partial charge in [0.15, 0.2) is 11.5 Å². The number of benzene rings is 2. The standard InChI is InChI=1S/C21H20N4O3/c1-12-6-13(2)8-16(7-12)23-20(26)17-9-14(3)22-21(25-17)24-15-4-5-18-19(10-15)28-11-27-18/h4-10H,11H2,1-3H3,(H,23,26)(H,22,24,25). The van der Waals surface area contributed by atoms with Crippen molar-refractivity contribution in [1.82, 2.24) is 9.97 Å². The van der Waals surface area contributed by atoms with Crippen molar-refractivity contribution in [3.05, 3.63) is 65.0 Å². The van der Waals surface area contributed by atoms with Gasteiger partial charge >= 0.3 is 0 Å². The van der Waals surface area contributed by atoms with Crippen LogP contribution in [0.2, 0.25) is 0 Å². The molecule has 2 aromatic carbocycles. The lowest BCUT2D eigenvalue weighted by Crippen LogP contribution is -2.15. The summed E-state index contributed by atoms with van der Waals surface area (Å²) < 4.78 is 10.7. The first kappa shape index (κ1) is 17.8. The third-order valence-corrected chi connectivity index (χ3v) is 4.20. The van der Waals surface area contributed by atoms with Crippen molar-refractivity contribution in [3.8, 4) is 11.5 Å². The molecule has 0 spiro atoms. The van der Waals surface area contributed by atoms with Gasteiger partial charge in [0, 0.05) is 23.1 Å². The van der Waals surface area contributed by atoms with Crippen molar-refractivity contribution < 1.29 is 14.3 Å². The van der Waals surface area contributed by atoms with E-state index in [0.717, 1.165) is 22.5 Å². The van der Waals surface area contributed by atoms with Gasteiger partial charge in [-0.25, -0.2) is 9.97 Å². The Morgan fingerprint density at radius 1 is 0.893 bits per heavy atom. The van der Waals surface area contributed by atoms with Crippen LogP contribution in [0.25, 0.3) is 0 Å². The molecule has 0 fully saturated rings. The molecule has 1 amide bonds. The van der Waals surface area contributed by atoms with Crippen molar-refractivity contribution in [3.63, 3.8) is 0 Å². The fraction of sp³-hybridized carbons (Fsp3) is 0.190. The number of hydrogen-bond acceptors (Lipinski definition) is 6. The number of amides is 1. The summed E-state index contributed by atoms with van der Waals surface area (Å²) in [7, 11) is 0. The number of nitrogens with zero attached hydrogens (tertiary/aromatic N) is 2. The highest BCUT2D eigenvalue weighted by molar-refractivity contribution is 6.03. The van der Waals surface area contributed by atoms with Crippen LogP contribution in [-0.2, 0) is 0 Å². The summed E-state index contributed by atoms with van der Waals surface area (Å²) in [6, 6.07) is 13.0. The lowest BCUT2D eigenvalue weighted by molar-refractivity contribution is 0.102. The predicted molar refractivity (Wildman–Crippen MR) is 106 cm³/mol. The van der Waals surface area contributed by atoms with Gasteiger partial charge in [0.25, 0.3) is 5.91 Å². The second kappa shape index (κ2) is 7.19. The molecule has 0 unspecified atom stereocenters. The highest BCUT2D eigenvalue weighted by Gasteiger charge is 2.15. The van der Waals surface area contributed by atoms with E-state index in [9.17, 15) is 4.79 Å². The average Bonchev–Trinajstić information content (AvgIpc) is 3.08. The number of hydrogen-bond donors (Lipinski definition) is 2. The van der Waals surface area contributed by atoms with E-state index in [2.05, 4.69) is 26.7 Å². The third-order valence-electron chi connectivity index (χ3n) is 4.20. The van der Waals surface area contributed by atoms with Crippen LogP contribution in [0.4, 0.5) is 17.3 Å². The Labute approximate surface area is 162 Å². The first-order valence-corrected chi connectivity index (χ1v) is 8.88. The molecule has 7 heteroatoms. The van der Waals surface area contributed by atoms with Gasteiger partial charge in [-0.1, -0.05) is 6.07 Å². The molecule has 4 rings (SSSR count). The minimum atomic E-state index is -0.288. The highest BCUT2D eigenvalue weighted by Crippen LogP contribution is 2.34. The fourth-order valence-corrected chi connectivity index (χ4v) is 3.09. The van der Waals surface area contributed by atoms with Crippen molar-refractivity contribution in [2.75, 3.05) is 17.4 Å². The molecule has 0 saturated carbocycles. The highest BCUT2D eigenvalue weighted by atomic mass is 16.7. The van der Waals surface area contributed by atoms with Crippen LogP contribution in [0.3, 0.4) is 0 Å². The third kappa shape index (κ3) is 3.88. The Bertz CT molecular complexity index is 1050. The monoisotopic (exact) mass is 376 g/mol. The SMILES string of the molecule is Cc1cc(C)cc(NC(=O)c2cc(C)nc(Nc3ccc4c(c3)OCO4)n2)c1. The zero-order chi connectivity index (χ0) is 19.7. The van der Waals surface area contributed by atoms with Crippen LogP contribution in [0.5, 0.6) is 11.5 Å². The molecule has 1 aliphatic heterocycles. The van der Waals surface area contributed by atoms with Crippen molar-refractivity contribution in [1.29, 1.82) is 0 Å². The second-order valence-corrected chi connectivity index (χ2v) is 6.74. The van der Waals surface area contributed by atoms with Crippen LogP contribution in [0.1, 0.15) is 27.3 Å². The smallest absolute Gasteiger partial charge is 0.274 e. The summed E-state index contributed by atoms with van der Waals surface area (Å²) in [5.41, 5.74) is 4.62. The van der Waals surface area contributed by atoms with E-state index >= 15 is 0 Å². The summed E-state index contributed by atoms with van der Waals surface area (Å²) >= 11 is 0. The molecule has 142 valence electrons. The van der Waals surface area contributed by atoms with E-state index in [1.54, 1.807) is 6.07 Å². The molecule has 0 aliphatic carbocycles. The fourth-order valence-electron chi connectivity index (χ4n) is 3.09. The minimum Gasteiger partial charge on any atom is -0.454 e. The number of aryl methyl sites for hydroxylation is 3. The molecule has 3 aromatic rings. The number of carbonyl (C=O) groups excluding carboxylic acids is 1. The quantitative estimate of drug-likeness (QED) is 0.712. The Morgan fingerprint density at radius 3 is 2.43 bits per heavy atom. The predicted octanol–water partition coefficient (Wildman–Crippen LogP) is 4.13. The van der Waals surface area contributed by atoms with E-state index in [1.165, 1.54) is 0 Å². The van der Waals surface area contributed by atoms with Crippen molar-refractivity contribution in [2.24, 2.45) is 0 Å². The van der Waals surface area contributed by atoms with Crippen molar-refractivity contribution >= 4 is 23.2 Å². The average molecular weight is 376 g/mol. The summed E-state index contributed by atoms with van der Waals surface area (Å²) in [5, 5.41) is 6.01. The summed E-state index contributed by atoms with van der Waals surface area (Å²) in [5.74, 6) is 1.41. The molecular formula is C21H20N4O3. The summed E-state index contributed by atoms with van der Waals surface area (Å²) in [4.78, 5) is 21.4. The van der Waals surface area contributed by atoms with E-state index in [4.69, 9.17) is 9.47 Å². The van der Waals surface area contributed by atoms with E-state index in [-0.39, 0.29) is 18.4 Å². The number of anilines is 3. The van der Waals surface area contributed by atoms with Gasteiger partial charge in [-0.05, 0) is 62.2 Å². The maximum absolute atomic E-state index is 12.7. The van der Waals surface area contributed by atoms with E-state index in [0.29, 0.717) is 23.1 Å². The van der Waals surface area contributed by atoms with Gasteiger partial charge in [-0.3, -0.25) is 4.79 Å². The number of carbonyl (C=O) groups is 1. The Hall–Kier alpha value is -3.61. The van der Waals surface area contributed by atoms with Gasteiger partial charge in [0.1, 0.15) is 5.69 Å². The zero-order valence-corrected chi connectivity index (χ0v) is 15.9. The van der Waals surface area contributed by atoms with Crippen LogP contribution in [0.15, 0.2) is 42.5 Å². The number of nitrogens with one attached hydrogen (secondary N) is 2. The van der Waals surface area contributed by atoms with Crippen molar-refractivity contribution in [2.45, 2.75) is 20.8 Å². The van der Waals surface area contributed by atoms with E-state index < -0.39 is 0 Å². The number of aromatic nitrogens is 2. The molecule has 28 heavy (non-hydrogen) atoms. The largest absolute Gasteiger partial charge is 0.454 e. The van der Waals surface area contributed by atoms with Gasteiger partial charge in [-0.2, -0.15) is 0 Å². The molecule has 0 bridgehead atoms. The minimum absolute atomic E-state index is 0.211. The van der Waals surface area contributed by atoms with Gasteiger partial charge < -0.3 is 20.1 Å². The Kier molecular flexibility index (Phi) is 4.57. The molecule has 2 N–H and O–H groups in total. The van der Waals surface area contributed by atoms with Gasteiger partial charge in [-0.15, -0.1) is 0 Å². The van der Waals surface area contributed by atoms with E-state index in [1.807, 2.05) is 51.1 Å². The molecular weight excluding hydrogens is 356 g/mol. The molecule has 2 heterocycles. The van der Waals surface area contributed by atoms with Gasteiger partial charge in [0.05, 0.1) is 0 Å². The Morgan fingerprint density at radius 2 is 1.64 bits per heavy atom.